The molecule has 2 heterocycles. The lowest BCUT2D eigenvalue weighted by atomic mass is 9.91. The molecular weight excluding hydrogens is 418 g/mol. The molecule has 0 unspecified atom stereocenters. The lowest BCUT2D eigenvalue weighted by Crippen LogP contribution is -2.29. The number of hydrogen-bond acceptors (Lipinski definition) is 9. The van der Waals surface area contributed by atoms with E-state index in [1.807, 2.05) is 0 Å². The maximum Gasteiger partial charge on any atom is 0.306 e. The van der Waals surface area contributed by atoms with E-state index in [4.69, 9.17) is 18.6 Å². The van der Waals surface area contributed by atoms with E-state index in [1.165, 1.54) is 45.9 Å². The zero-order valence-corrected chi connectivity index (χ0v) is 18.6. The molecule has 9 heteroatoms. The van der Waals surface area contributed by atoms with Crippen molar-refractivity contribution in [3.63, 3.8) is 0 Å². The minimum atomic E-state index is -0.875. The second-order valence-corrected chi connectivity index (χ2v) is 7.73. The monoisotopic (exact) mass is 447 g/mol. The van der Waals surface area contributed by atoms with Crippen molar-refractivity contribution in [3.05, 3.63) is 45.5 Å². The average molecular weight is 447 g/mol. The second kappa shape index (κ2) is 10.4. The van der Waals surface area contributed by atoms with Gasteiger partial charge in [0.15, 0.2) is 17.3 Å². The van der Waals surface area contributed by atoms with Gasteiger partial charge < -0.3 is 28.8 Å². The third-order valence-corrected chi connectivity index (χ3v) is 5.65. The SMILES string of the molecule is COC(=O)C[C@H](c1cc(OC)c(O)c(OC)c1)c1oc(CN2CCCCC2)cc(=O)c1O. The van der Waals surface area contributed by atoms with Crippen molar-refractivity contribution in [1.82, 2.24) is 4.90 Å². The highest BCUT2D eigenvalue weighted by atomic mass is 16.5. The number of methoxy groups -OCH3 is 3. The number of aromatic hydroxyl groups is 2. The van der Waals surface area contributed by atoms with Crippen molar-refractivity contribution >= 4 is 5.97 Å². The Morgan fingerprint density at radius 3 is 2.22 bits per heavy atom. The zero-order valence-electron chi connectivity index (χ0n) is 18.6. The molecule has 174 valence electrons. The van der Waals surface area contributed by atoms with E-state index in [-0.39, 0.29) is 29.4 Å². The van der Waals surface area contributed by atoms with E-state index in [1.54, 1.807) is 0 Å². The Morgan fingerprint density at radius 2 is 1.66 bits per heavy atom. The smallest absolute Gasteiger partial charge is 0.306 e. The van der Waals surface area contributed by atoms with Crippen LogP contribution in [0.4, 0.5) is 0 Å². The summed E-state index contributed by atoms with van der Waals surface area (Å²) < 4.78 is 21.2. The number of carbonyl (C=O) groups is 1. The minimum absolute atomic E-state index is 0.0512. The maximum absolute atomic E-state index is 12.6. The molecule has 2 N–H and O–H groups in total. The van der Waals surface area contributed by atoms with Gasteiger partial charge in [0.25, 0.3) is 0 Å². The van der Waals surface area contributed by atoms with Crippen molar-refractivity contribution in [2.75, 3.05) is 34.4 Å². The molecule has 1 aliphatic rings. The van der Waals surface area contributed by atoms with Gasteiger partial charge in [-0.1, -0.05) is 6.42 Å². The lowest BCUT2D eigenvalue weighted by Gasteiger charge is -2.26. The molecule has 2 aromatic rings. The lowest BCUT2D eigenvalue weighted by molar-refractivity contribution is -0.140. The predicted molar refractivity (Wildman–Crippen MR) is 115 cm³/mol. The molecule has 32 heavy (non-hydrogen) atoms. The first kappa shape index (κ1) is 23.5. The molecule has 0 bridgehead atoms. The van der Waals surface area contributed by atoms with E-state index in [9.17, 15) is 19.8 Å². The Balaban J connectivity index is 2.09. The van der Waals surface area contributed by atoms with Crippen molar-refractivity contribution in [3.8, 4) is 23.0 Å². The third-order valence-electron chi connectivity index (χ3n) is 5.65. The van der Waals surface area contributed by atoms with Crippen LogP contribution in [0.3, 0.4) is 0 Å². The van der Waals surface area contributed by atoms with E-state index < -0.39 is 23.1 Å². The summed E-state index contributed by atoms with van der Waals surface area (Å²) in [7, 11) is 4.01. The van der Waals surface area contributed by atoms with Gasteiger partial charge in [0, 0.05) is 6.07 Å². The molecule has 0 saturated carbocycles. The number of benzene rings is 1. The van der Waals surface area contributed by atoms with E-state index in [0.717, 1.165) is 25.9 Å². The van der Waals surface area contributed by atoms with Gasteiger partial charge in [-0.25, -0.2) is 0 Å². The summed E-state index contributed by atoms with van der Waals surface area (Å²) in [6, 6.07) is 4.28. The fraction of sp³-hybridized carbons (Fsp3) is 0.478. The van der Waals surface area contributed by atoms with Crippen molar-refractivity contribution < 1.29 is 33.6 Å². The van der Waals surface area contributed by atoms with Gasteiger partial charge in [0.1, 0.15) is 5.76 Å². The number of piperidine rings is 1. The Hall–Kier alpha value is -3.20. The normalized spacial score (nSPS) is 15.2. The average Bonchev–Trinajstić information content (AvgIpc) is 2.80. The van der Waals surface area contributed by atoms with Crippen LogP contribution in [0.25, 0.3) is 0 Å². The summed E-state index contributed by atoms with van der Waals surface area (Å²) in [5, 5.41) is 20.8. The van der Waals surface area contributed by atoms with Gasteiger partial charge in [-0.15, -0.1) is 0 Å². The standard InChI is InChI=1S/C23H29NO8/c1-29-18-9-14(10-19(30-2)22(18)28)16(12-20(26)31-3)23-21(27)17(25)11-15(32-23)13-24-7-5-4-6-8-24/h9-11,16,27-28H,4-8,12-13H2,1-3H3/t16-/m1/s1. The number of carbonyl (C=O) groups excluding carboxylic acids is 1. The topological polar surface area (TPSA) is 119 Å². The first-order valence-electron chi connectivity index (χ1n) is 10.5. The van der Waals surface area contributed by atoms with Crippen LogP contribution >= 0.6 is 0 Å². The second-order valence-electron chi connectivity index (χ2n) is 7.73. The molecule has 0 spiro atoms. The van der Waals surface area contributed by atoms with E-state index >= 15 is 0 Å². The van der Waals surface area contributed by atoms with Crippen LogP contribution in [0.5, 0.6) is 23.0 Å². The van der Waals surface area contributed by atoms with Crippen LogP contribution in [0.1, 0.15) is 48.7 Å². The highest BCUT2D eigenvalue weighted by Gasteiger charge is 2.29. The summed E-state index contributed by atoms with van der Waals surface area (Å²) in [5.41, 5.74) is -0.152. The van der Waals surface area contributed by atoms with Crippen LogP contribution in [0, 0.1) is 0 Å². The van der Waals surface area contributed by atoms with Gasteiger partial charge in [0.2, 0.25) is 16.9 Å². The van der Waals surface area contributed by atoms with Crippen LogP contribution in [0.15, 0.2) is 27.4 Å². The van der Waals surface area contributed by atoms with Crippen LogP contribution < -0.4 is 14.9 Å². The summed E-state index contributed by atoms with van der Waals surface area (Å²) in [5.74, 6) is -1.65. The minimum Gasteiger partial charge on any atom is -0.502 e. The molecule has 1 aromatic heterocycles. The van der Waals surface area contributed by atoms with Gasteiger partial charge in [-0.2, -0.15) is 0 Å². The summed E-state index contributed by atoms with van der Waals surface area (Å²) >= 11 is 0. The van der Waals surface area contributed by atoms with Gasteiger partial charge >= 0.3 is 5.97 Å². The number of phenols is 1. The summed E-state index contributed by atoms with van der Waals surface area (Å²) in [4.78, 5) is 26.9. The predicted octanol–water partition coefficient (Wildman–Crippen LogP) is 2.75. The molecule has 9 nitrogen and oxygen atoms in total. The van der Waals surface area contributed by atoms with Crippen molar-refractivity contribution in [1.29, 1.82) is 0 Å². The number of esters is 1. The fourth-order valence-electron chi connectivity index (χ4n) is 3.93. The van der Waals surface area contributed by atoms with E-state index in [0.29, 0.717) is 17.9 Å². The number of likely N-dealkylation sites (tertiary alicyclic amines) is 1. The largest absolute Gasteiger partial charge is 0.502 e. The zero-order chi connectivity index (χ0) is 23.3. The molecule has 0 radical (unpaired) electrons. The molecule has 1 saturated heterocycles. The number of nitrogens with zero attached hydrogens (tertiary/aromatic N) is 1. The Kier molecular flexibility index (Phi) is 7.63. The highest BCUT2D eigenvalue weighted by Crippen LogP contribution is 2.42. The summed E-state index contributed by atoms with van der Waals surface area (Å²) in [6.07, 6.45) is 3.12. The molecule has 1 aromatic carbocycles. The Bertz CT molecular complexity index is 985. The third kappa shape index (κ3) is 5.16. The molecule has 0 aliphatic carbocycles. The number of ether oxygens (including phenoxy) is 3. The van der Waals surface area contributed by atoms with Crippen LogP contribution in [-0.4, -0.2) is 55.5 Å². The first-order chi connectivity index (χ1) is 15.4. The highest BCUT2D eigenvalue weighted by molar-refractivity contribution is 5.71. The van der Waals surface area contributed by atoms with Gasteiger partial charge in [-0.3, -0.25) is 14.5 Å². The Morgan fingerprint density at radius 1 is 1.03 bits per heavy atom. The number of rotatable bonds is 8. The Labute approximate surface area is 186 Å². The molecular formula is C23H29NO8. The van der Waals surface area contributed by atoms with E-state index in [2.05, 4.69) is 4.90 Å². The first-order valence-corrected chi connectivity index (χ1v) is 10.5. The van der Waals surface area contributed by atoms with Crippen LogP contribution in [0.2, 0.25) is 0 Å². The molecule has 0 amide bonds. The maximum atomic E-state index is 12.6. The van der Waals surface area contributed by atoms with Crippen molar-refractivity contribution in [2.24, 2.45) is 0 Å². The van der Waals surface area contributed by atoms with Gasteiger partial charge in [-0.05, 0) is 43.6 Å². The molecule has 1 aliphatic heterocycles. The number of phenolic OH excluding ortho intramolecular Hbond substituents is 1. The fourth-order valence-corrected chi connectivity index (χ4v) is 3.93. The van der Waals surface area contributed by atoms with Crippen LogP contribution in [-0.2, 0) is 16.1 Å². The number of hydrogen-bond donors (Lipinski definition) is 2. The molecule has 3 rings (SSSR count). The van der Waals surface area contributed by atoms with Crippen molar-refractivity contribution in [2.45, 2.75) is 38.1 Å². The quantitative estimate of drug-likeness (QED) is 0.589. The summed E-state index contributed by atoms with van der Waals surface area (Å²) in [6.45, 7) is 2.23. The van der Waals surface area contributed by atoms with Gasteiger partial charge in [0.05, 0.1) is 40.2 Å². The molecule has 1 atom stereocenters. The molecule has 1 fully saturated rings.